The Labute approximate surface area is 154 Å². The number of nitrogens with one attached hydrogen (secondary N) is 2. The minimum atomic E-state index is -0.606. The van der Waals surface area contributed by atoms with Gasteiger partial charge in [0.1, 0.15) is 5.69 Å². The predicted molar refractivity (Wildman–Crippen MR) is 100 cm³/mol. The summed E-state index contributed by atoms with van der Waals surface area (Å²) in [5.41, 5.74) is 1.34. The minimum Gasteiger partial charge on any atom is -0.461 e. The highest BCUT2D eigenvalue weighted by molar-refractivity contribution is 6.08. The number of aromatic amines is 1. The number of esters is 1. The number of H-pyrrole nitrogens is 1. The molecule has 0 bridgehead atoms. The largest absolute Gasteiger partial charge is 0.461 e. The fourth-order valence-electron chi connectivity index (χ4n) is 2.73. The van der Waals surface area contributed by atoms with Crippen LogP contribution in [0.1, 0.15) is 27.8 Å². The second kappa shape index (κ2) is 7.69. The molecule has 8 heteroatoms. The van der Waals surface area contributed by atoms with Crippen LogP contribution in [0.2, 0.25) is 0 Å². The van der Waals surface area contributed by atoms with E-state index in [0.717, 1.165) is 0 Å². The predicted octanol–water partition coefficient (Wildman–Crippen LogP) is 3.55. The van der Waals surface area contributed by atoms with Gasteiger partial charge in [0, 0.05) is 23.1 Å². The Morgan fingerprint density at radius 2 is 1.93 bits per heavy atom. The fraction of sp³-hybridized carbons (Fsp3) is 0.158. The summed E-state index contributed by atoms with van der Waals surface area (Å²) in [6.45, 7) is 1.81. The van der Waals surface area contributed by atoms with Crippen LogP contribution in [0.3, 0.4) is 0 Å². The average molecular weight is 367 g/mol. The van der Waals surface area contributed by atoms with Gasteiger partial charge >= 0.3 is 5.97 Å². The smallest absolute Gasteiger partial charge is 0.356 e. The van der Waals surface area contributed by atoms with Gasteiger partial charge < -0.3 is 15.0 Å². The van der Waals surface area contributed by atoms with E-state index < -0.39 is 10.9 Å². The van der Waals surface area contributed by atoms with Crippen molar-refractivity contribution in [3.05, 3.63) is 69.9 Å². The number of hydrogen-bond donors (Lipinski definition) is 2. The molecule has 27 heavy (non-hydrogen) atoms. The summed E-state index contributed by atoms with van der Waals surface area (Å²) >= 11 is 0. The number of carbonyl (C=O) groups excluding carboxylic acids is 2. The topological polar surface area (TPSA) is 114 Å². The molecule has 2 N–H and O–H groups in total. The number of nitrogens with zero attached hydrogens (tertiary/aromatic N) is 1. The van der Waals surface area contributed by atoms with Crippen molar-refractivity contribution in [2.24, 2.45) is 0 Å². The Morgan fingerprint density at radius 3 is 2.59 bits per heavy atom. The van der Waals surface area contributed by atoms with Gasteiger partial charge in [-0.15, -0.1) is 0 Å². The van der Waals surface area contributed by atoms with E-state index in [1.807, 2.05) is 6.07 Å². The molecule has 0 aliphatic carbocycles. The molecule has 0 aliphatic heterocycles. The summed E-state index contributed by atoms with van der Waals surface area (Å²) in [7, 11) is 0. The van der Waals surface area contributed by atoms with Gasteiger partial charge in [0.25, 0.3) is 5.69 Å². The zero-order valence-electron chi connectivity index (χ0n) is 14.5. The molecule has 138 valence electrons. The van der Waals surface area contributed by atoms with Crippen molar-refractivity contribution in [3.63, 3.8) is 0 Å². The third-order valence-corrected chi connectivity index (χ3v) is 3.99. The zero-order chi connectivity index (χ0) is 19.4. The first-order chi connectivity index (χ1) is 13.0. The van der Waals surface area contributed by atoms with Crippen molar-refractivity contribution in [1.82, 2.24) is 4.98 Å². The summed E-state index contributed by atoms with van der Waals surface area (Å²) in [6.07, 6.45) is 0. The van der Waals surface area contributed by atoms with Crippen LogP contribution in [-0.2, 0) is 4.74 Å². The van der Waals surface area contributed by atoms with Gasteiger partial charge in [-0.3, -0.25) is 14.9 Å². The van der Waals surface area contributed by atoms with Crippen LogP contribution in [0.25, 0.3) is 10.9 Å². The van der Waals surface area contributed by atoms with Crippen molar-refractivity contribution in [2.75, 3.05) is 18.5 Å². The maximum Gasteiger partial charge on any atom is 0.356 e. The SMILES string of the molecule is CCOC(=O)c1[nH]c2cc([N+](=O)[O-])ccc2c1NCC(=O)c1ccccc1. The average Bonchev–Trinajstić information content (AvgIpc) is 3.04. The number of benzene rings is 2. The van der Waals surface area contributed by atoms with Gasteiger partial charge in [0.15, 0.2) is 5.78 Å². The summed E-state index contributed by atoms with van der Waals surface area (Å²) in [6, 6.07) is 13.0. The van der Waals surface area contributed by atoms with E-state index in [4.69, 9.17) is 4.74 Å². The maximum absolute atomic E-state index is 12.3. The number of aromatic nitrogens is 1. The van der Waals surface area contributed by atoms with E-state index in [1.54, 1.807) is 31.2 Å². The minimum absolute atomic E-state index is 0.0413. The van der Waals surface area contributed by atoms with Crippen molar-refractivity contribution >= 4 is 34.0 Å². The molecule has 0 aliphatic rings. The molecular formula is C19H17N3O5. The van der Waals surface area contributed by atoms with Crippen LogP contribution in [0.5, 0.6) is 0 Å². The number of Topliss-reactive ketones (excluding diaryl/α,β-unsaturated/α-hetero) is 1. The molecule has 2 aromatic carbocycles. The number of anilines is 1. The second-order valence-electron chi connectivity index (χ2n) is 5.73. The van der Waals surface area contributed by atoms with Gasteiger partial charge in [-0.25, -0.2) is 4.79 Å². The molecule has 0 atom stereocenters. The summed E-state index contributed by atoms with van der Waals surface area (Å²) in [4.78, 5) is 37.9. The highest BCUT2D eigenvalue weighted by Gasteiger charge is 2.21. The number of nitro groups is 1. The van der Waals surface area contributed by atoms with Crippen LogP contribution in [0.4, 0.5) is 11.4 Å². The Hall–Kier alpha value is -3.68. The van der Waals surface area contributed by atoms with Gasteiger partial charge in [-0.05, 0) is 13.0 Å². The maximum atomic E-state index is 12.3. The third-order valence-electron chi connectivity index (χ3n) is 3.99. The zero-order valence-corrected chi connectivity index (χ0v) is 14.5. The first kappa shape index (κ1) is 18.1. The van der Waals surface area contributed by atoms with Crippen LogP contribution in [0, 0.1) is 10.1 Å². The van der Waals surface area contributed by atoms with Crippen molar-refractivity contribution in [1.29, 1.82) is 0 Å². The highest BCUT2D eigenvalue weighted by Crippen LogP contribution is 2.31. The lowest BCUT2D eigenvalue weighted by Gasteiger charge is -2.08. The van der Waals surface area contributed by atoms with E-state index in [-0.39, 0.29) is 30.3 Å². The van der Waals surface area contributed by atoms with Gasteiger partial charge in [0.2, 0.25) is 0 Å². The summed E-state index contributed by atoms with van der Waals surface area (Å²) < 4.78 is 5.04. The molecular weight excluding hydrogens is 350 g/mol. The Balaban J connectivity index is 1.95. The number of non-ortho nitro benzene ring substituents is 1. The quantitative estimate of drug-likeness (QED) is 0.286. The van der Waals surface area contributed by atoms with Crippen molar-refractivity contribution in [2.45, 2.75) is 6.92 Å². The normalized spacial score (nSPS) is 10.6. The lowest BCUT2D eigenvalue weighted by molar-refractivity contribution is -0.384. The molecule has 0 fully saturated rings. The van der Waals surface area contributed by atoms with Crippen molar-refractivity contribution < 1.29 is 19.2 Å². The van der Waals surface area contributed by atoms with Crippen molar-refractivity contribution in [3.8, 4) is 0 Å². The molecule has 3 aromatic rings. The molecule has 0 saturated heterocycles. The Morgan fingerprint density at radius 1 is 1.19 bits per heavy atom. The highest BCUT2D eigenvalue weighted by atomic mass is 16.6. The monoisotopic (exact) mass is 367 g/mol. The molecule has 1 heterocycles. The van der Waals surface area contributed by atoms with Crippen LogP contribution < -0.4 is 5.32 Å². The van der Waals surface area contributed by atoms with E-state index >= 15 is 0 Å². The molecule has 0 unspecified atom stereocenters. The van der Waals surface area contributed by atoms with Crippen LogP contribution >= 0.6 is 0 Å². The lowest BCUT2D eigenvalue weighted by atomic mass is 10.1. The molecule has 3 rings (SSSR count). The first-order valence-electron chi connectivity index (χ1n) is 8.30. The van der Waals surface area contributed by atoms with Gasteiger partial charge in [0.05, 0.1) is 29.3 Å². The molecule has 0 saturated carbocycles. The van der Waals surface area contributed by atoms with E-state index in [2.05, 4.69) is 10.3 Å². The van der Waals surface area contributed by atoms with E-state index in [9.17, 15) is 19.7 Å². The van der Waals surface area contributed by atoms with Gasteiger partial charge in [-0.1, -0.05) is 30.3 Å². The Kier molecular flexibility index (Phi) is 5.16. The molecule has 8 nitrogen and oxygen atoms in total. The number of nitro benzene ring substituents is 1. The number of ether oxygens (including phenoxy) is 1. The van der Waals surface area contributed by atoms with E-state index in [0.29, 0.717) is 22.2 Å². The van der Waals surface area contributed by atoms with E-state index in [1.165, 1.54) is 18.2 Å². The summed E-state index contributed by atoms with van der Waals surface area (Å²) in [5.74, 6) is -0.757. The molecule has 0 radical (unpaired) electrons. The lowest BCUT2D eigenvalue weighted by Crippen LogP contribution is -2.16. The van der Waals surface area contributed by atoms with Crippen LogP contribution in [0.15, 0.2) is 48.5 Å². The Bertz CT molecular complexity index is 1010. The molecule has 0 amide bonds. The number of rotatable bonds is 7. The standard InChI is InChI=1S/C19H17N3O5/c1-2-27-19(24)18-17(20-11-16(23)12-6-4-3-5-7-12)14-9-8-13(22(25)26)10-15(14)21-18/h3-10,20-21H,2,11H2,1H3. The fourth-order valence-corrected chi connectivity index (χ4v) is 2.73. The number of hydrogen-bond acceptors (Lipinski definition) is 6. The number of carbonyl (C=O) groups is 2. The first-order valence-corrected chi connectivity index (χ1v) is 8.30. The summed E-state index contributed by atoms with van der Waals surface area (Å²) in [5, 5.41) is 14.5. The third kappa shape index (κ3) is 3.79. The van der Waals surface area contributed by atoms with Crippen LogP contribution in [-0.4, -0.2) is 34.8 Å². The van der Waals surface area contributed by atoms with Gasteiger partial charge in [-0.2, -0.15) is 0 Å². The number of ketones is 1. The molecule has 1 aromatic heterocycles. The second-order valence-corrected chi connectivity index (χ2v) is 5.73. The number of fused-ring (bicyclic) bond motifs is 1. The molecule has 0 spiro atoms.